The Hall–Kier alpha value is -2.28. The molecule has 33 heavy (non-hydrogen) atoms. The van der Waals surface area contributed by atoms with Crippen LogP contribution in [0.4, 0.5) is 0 Å². The average molecular weight is 475 g/mol. The molecular formula is C26H35ClN2O4. The number of carbonyl (C=O) groups excluding carboxylic acids is 1. The maximum atomic E-state index is 13.0. The number of rotatable bonds is 9. The fourth-order valence-electron chi connectivity index (χ4n) is 4.33. The zero-order valence-corrected chi connectivity index (χ0v) is 20.6. The van der Waals surface area contributed by atoms with Gasteiger partial charge in [-0.2, -0.15) is 0 Å². The van der Waals surface area contributed by atoms with Gasteiger partial charge in [0.2, 0.25) is 5.91 Å². The Kier molecular flexibility index (Phi) is 9.01. The van der Waals surface area contributed by atoms with Crippen molar-refractivity contribution >= 4 is 17.5 Å². The van der Waals surface area contributed by atoms with Gasteiger partial charge in [-0.25, -0.2) is 0 Å². The summed E-state index contributed by atoms with van der Waals surface area (Å²) in [6, 6.07) is 11.3. The molecule has 0 bridgehead atoms. The summed E-state index contributed by atoms with van der Waals surface area (Å²) in [4.78, 5) is 13.0. The highest BCUT2D eigenvalue weighted by Crippen LogP contribution is 2.36. The van der Waals surface area contributed by atoms with Crippen LogP contribution in [-0.2, 0) is 11.2 Å². The van der Waals surface area contributed by atoms with Gasteiger partial charge in [-0.3, -0.25) is 4.79 Å². The molecule has 3 rings (SSSR count). The molecule has 1 atom stereocenters. The predicted molar refractivity (Wildman–Crippen MR) is 131 cm³/mol. The van der Waals surface area contributed by atoms with Crippen molar-refractivity contribution in [2.75, 3.05) is 14.2 Å². The van der Waals surface area contributed by atoms with E-state index in [2.05, 4.69) is 10.6 Å². The first kappa shape index (κ1) is 25.3. The van der Waals surface area contributed by atoms with Crippen molar-refractivity contribution in [1.82, 2.24) is 10.6 Å². The van der Waals surface area contributed by atoms with Gasteiger partial charge >= 0.3 is 0 Å². The summed E-state index contributed by atoms with van der Waals surface area (Å²) in [5.41, 5.74) is 2.00. The van der Waals surface area contributed by atoms with Crippen molar-refractivity contribution in [2.45, 2.75) is 70.2 Å². The predicted octanol–water partition coefficient (Wildman–Crippen LogP) is 4.41. The summed E-state index contributed by atoms with van der Waals surface area (Å²) >= 11 is 6.02. The number of nitrogens with one attached hydrogen (secondary N) is 2. The van der Waals surface area contributed by atoms with Crippen molar-refractivity contribution in [2.24, 2.45) is 0 Å². The molecule has 1 aliphatic carbocycles. The van der Waals surface area contributed by atoms with Gasteiger partial charge in [-0.05, 0) is 87.5 Å². The minimum absolute atomic E-state index is 0.0629. The Balaban J connectivity index is 1.86. The third-order valence-electron chi connectivity index (χ3n) is 6.12. The van der Waals surface area contributed by atoms with E-state index >= 15 is 0 Å². The molecule has 2 aromatic rings. The largest absolute Gasteiger partial charge is 0.493 e. The number of ether oxygens (including phenoxy) is 2. The molecule has 180 valence electrons. The fraction of sp³-hybridized carbons (Fsp3) is 0.500. The molecule has 0 spiro atoms. The highest BCUT2D eigenvalue weighted by molar-refractivity contribution is 6.30. The SMILES string of the molecule is CN[C@H]1CC[C@H](NC(=O)Cc2cc(OC)c(OC(C)C)cc2C(O)c2ccc(Cl)cc2)CC1. The number of benzene rings is 2. The van der Waals surface area contributed by atoms with E-state index in [0.29, 0.717) is 39.3 Å². The zero-order chi connectivity index (χ0) is 24.0. The number of halogens is 1. The zero-order valence-electron chi connectivity index (χ0n) is 19.9. The topological polar surface area (TPSA) is 79.8 Å². The lowest BCUT2D eigenvalue weighted by Crippen LogP contribution is -2.41. The minimum atomic E-state index is -0.934. The van der Waals surface area contributed by atoms with E-state index in [4.69, 9.17) is 21.1 Å². The molecular weight excluding hydrogens is 440 g/mol. The maximum Gasteiger partial charge on any atom is 0.224 e. The number of amides is 1. The highest BCUT2D eigenvalue weighted by Gasteiger charge is 2.24. The van der Waals surface area contributed by atoms with E-state index in [1.54, 1.807) is 43.5 Å². The Morgan fingerprint density at radius 2 is 1.73 bits per heavy atom. The minimum Gasteiger partial charge on any atom is -0.493 e. The molecule has 1 saturated carbocycles. The molecule has 0 aliphatic heterocycles. The van der Waals surface area contributed by atoms with Crippen molar-refractivity contribution in [3.8, 4) is 11.5 Å². The van der Waals surface area contributed by atoms with Crippen LogP contribution in [0, 0.1) is 0 Å². The second-order valence-corrected chi connectivity index (χ2v) is 9.34. The van der Waals surface area contributed by atoms with Gasteiger partial charge in [-0.15, -0.1) is 0 Å². The number of aliphatic hydroxyl groups excluding tert-OH is 1. The first-order valence-electron chi connectivity index (χ1n) is 11.6. The molecule has 0 radical (unpaired) electrons. The Morgan fingerprint density at radius 1 is 1.09 bits per heavy atom. The van der Waals surface area contributed by atoms with Crippen molar-refractivity contribution < 1.29 is 19.4 Å². The third-order valence-corrected chi connectivity index (χ3v) is 6.37. The van der Waals surface area contributed by atoms with Crippen LogP contribution < -0.4 is 20.1 Å². The summed E-state index contributed by atoms with van der Waals surface area (Å²) in [6.07, 6.45) is 3.17. The number of methoxy groups -OCH3 is 1. The molecule has 0 saturated heterocycles. The Morgan fingerprint density at radius 3 is 2.30 bits per heavy atom. The number of carbonyl (C=O) groups is 1. The lowest BCUT2D eigenvalue weighted by atomic mass is 9.90. The third kappa shape index (κ3) is 6.85. The van der Waals surface area contributed by atoms with Crippen LogP contribution in [0.5, 0.6) is 11.5 Å². The smallest absolute Gasteiger partial charge is 0.224 e. The van der Waals surface area contributed by atoms with Crippen LogP contribution in [0.25, 0.3) is 0 Å². The molecule has 1 amide bonds. The maximum absolute atomic E-state index is 13.0. The van der Waals surface area contributed by atoms with Gasteiger partial charge in [-0.1, -0.05) is 23.7 Å². The van der Waals surface area contributed by atoms with E-state index in [9.17, 15) is 9.90 Å². The van der Waals surface area contributed by atoms with Gasteiger partial charge in [0.15, 0.2) is 11.5 Å². The van der Waals surface area contributed by atoms with E-state index < -0.39 is 6.10 Å². The summed E-state index contributed by atoms with van der Waals surface area (Å²) in [5.74, 6) is 1.00. The lowest BCUT2D eigenvalue weighted by Gasteiger charge is -2.29. The van der Waals surface area contributed by atoms with Gasteiger partial charge < -0.3 is 25.2 Å². The molecule has 0 aromatic heterocycles. The van der Waals surface area contributed by atoms with Gasteiger partial charge in [0.1, 0.15) is 6.10 Å². The molecule has 6 nitrogen and oxygen atoms in total. The van der Waals surface area contributed by atoms with Crippen molar-refractivity contribution in [3.63, 3.8) is 0 Å². The Bertz CT molecular complexity index is 925. The average Bonchev–Trinajstić information content (AvgIpc) is 2.80. The van der Waals surface area contributed by atoms with Crippen LogP contribution in [0.15, 0.2) is 36.4 Å². The Labute approximate surface area is 201 Å². The highest BCUT2D eigenvalue weighted by atomic mass is 35.5. The fourth-order valence-corrected chi connectivity index (χ4v) is 4.46. The number of aliphatic hydroxyl groups is 1. The van der Waals surface area contributed by atoms with E-state index in [1.807, 2.05) is 20.9 Å². The van der Waals surface area contributed by atoms with Crippen molar-refractivity contribution in [3.05, 3.63) is 58.1 Å². The molecule has 1 aliphatic rings. The van der Waals surface area contributed by atoms with Gasteiger partial charge in [0.05, 0.1) is 19.6 Å². The molecule has 7 heteroatoms. The monoisotopic (exact) mass is 474 g/mol. The van der Waals surface area contributed by atoms with E-state index in [0.717, 1.165) is 25.7 Å². The van der Waals surface area contributed by atoms with Crippen LogP contribution in [-0.4, -0.2) is 43.4 Å². The van der Waals surface area contributed by atoms with E-state index in [1.165, 1.54) is 0 Å². The van der Waals surface area contributed by atoms with Gasteiger partial charge in [0.25, 0.3) is 0 Å². The molecule has 1 fully saturated rings. The van der Waals surface area contributed by atoms with Crippen LogP contribution in [0.1, 0.15) is 62.3 Å². The molecule has 1 unspecified atom stereocenters. The summed E-state index contributed by atoms with van der Waals surface area (Å²) < 4.78 is 11.5. The van der Waals surface area contributed by atoms with Crippen LogP contribution in [0.2, 0.25) is 5.02 Å². The molecule has 3 N–H and O–H groups in total. The quantitative estimate of drug-likeness (QED) is 0.501. The van der Waals surface area contributed by atoms with Gasteiger partial charge in [0, 0.05) is 17.1 Å². The van der Waals surface area contributed by atoms with Crippen LogP contribution in [0.3, 0.4) is 0 Å². The van der Waals surface area contributed by atoms with Crippen molar-refractivity contribution in [1.29, 1.82) is 0 Å². The normalized spacial score (nSPS) is 19.2. The second-order valence-electron chi connectivity index (χ2n) is 8.90. The first-order valence-corrected chi connectivity index (χ1v) is 12.0. The second kappa shape index (κ2) is 11.7. The summed E-state index contributed by atoms with van der Waals surface area (Å²) in [5, 5.41) is 18.3. The lowest BCUT2D eigenvalue weighted by molar-refractivity contribution is -0.121. The standard InChI is InChI=1S/C26H35ClN2O4/c1-16(2)33-24-15-22(26(31)17-5-7-19(27)8-6-17)18(13-23(24)32-4)14-25(30)29-21-11-9-20(28-3)10-12-21/h5-8,13,15-16,20-21,26,28,31H,9-12,14H2,1-4H3,(H,29,30)/t20-,21-,26?. The van der Waals surface area contributed by atoms with E-state index in [-0.39, 0.29) is 24.5 Å². The van der Waals surface area contributed by atoms with Crippen LogP contribution >= 0.6 is 11.6 Å². The molecule has 2 aromatic carbocycles. The molecule has 0 heterocycles. The number of hydrogen-bond acceptors (Lipinski definition) is 5. The first-order chi connectivity index (χ1) is 15.8. The number of hydrogen-bond donors (Lipinski definition) is 3. The summed E-state index contributed by atoms with van der Waals surface area (Å²) in [7, 11) is 3.55. The summed E-state index contributed by atoms with van der Waals surface area (Å²) in [6.45, 7) is 3.86.